The Labute approximate surface area is 101 Å². The Morgan fingerprint density at radius 1 is 1.53 bits per heavy atom. The highest BCUT2D eigenvalue weighted by Gasteiger charge is 2.25. The first-order valence-corrected chi connectivity index (χ1v) is 5.94. The average molecular weight is 234 g/mol. The molecule has 4 nitrogen and oxygen atoms in total. The maximum atomic E-state index is 11.8. The first kappa shape index (κ1) is 11.8. The molecule has 1 aromatic carbocycles. The van der Waals surface area contributed by atoms with Crippen molar-refractivity contribution in [2.45, 2.75) is 20.0 Å². The van der Waals surface area contributed by atoms with Gasteiger partial charge in [-0.15, -0.1) is 0 Å². The third-order valence-electron chi connectivity index (χ3n) is 2.61. The highest BCUT2D eigenvalue weighted by molar-refractivity contribution is 5.83. The van der Waals surface area contributed by atoms with Gasteiger partial charge in [-0.05, 0) is 18.1 Å². The molecule has 0 saturated heterocycles. The van der Waals surface area contributed by atoms with Gasteiger partial charge in [0.2, 0.25) is 0 Å². The maximum absolute atomic E-state index is 11.8. The van der Waals surface area contributed by atoms with Crippen LogP contribution in [0.25, 0.3) is 0 Å². The molecule has 0 saturated carbocycles. The number of hydrogen-bond donors (Lipinski definition) is 2. The molecule has 1 aliphatic rings. The zero-order valence-corrected chi connectivity index (χ0v) is 10.2. The van der Waals surface area contributed by atoms with Gasteiger partial charge in [-0.25, -0.2) is 0 Å². The second kappa shape index (κ2) is 5.08. The number of para-hydroxylation sites is 2. The number of carbonyl (C=O) groups is 1. The summed E-state index contributed by atoms with van der Waals surface area (Å²) in [4.78, 5) is 11.8. The van der Waals surface area contributed by atoms with Crippen molar-refractivity contribution in [3.8, 4) is 5.75 Å². The lowest BCUT2D eigenvalue weighted by atomic mass is 10.2. The predicted octanol–water partition coefficient (Wildman–Crippen LogP) is 1.63. The van der Waals surface area contributed by atoms with Crippen LogP contribution in [0.4, 0.5) is 5.69 Å². The molecule has 0 aromatic heterocycles. The van der Waals surface area contributed by atoms with Crippen molar-refractivity contribution in [3.05, 3.63) is 24.3 Å². The van der Waals surface area contributed by atoms with Crippen LogP contribution in [0.2, 0.25) is 0 Å². The van der Waals surface area contributed by atoms with Gasteiger partial charge in [-0.3, -0.25) is 4.79 Å². The number of rotatable bonds is 3. The lowest BCUT2D eigenvalue weighted by Gasteiger charge is -2.26. The van der Waals surface area contributed by atoms with Gasteiger partial charge in [0.05, 0.1) is 12.2 Å². The molecule has 2 rings (SSSR count). The maximum Gasteiger partial charge on any atom is 0.262 e. The van der Waals surface area contributed by atoms with E-state index in [1.165, 1.54) is 0 Å². The number of ether oxygens (including phenoxy) is 1. The molecular formula is C13H18N2O2. The monoisotopic (exact) mass is 234 g/mol. The fourth-order valence-electron chi connectivity index (χ4n) is 1.68. The number of benzene rings is 1. The molecule has 1 aromatic rings. The third-order valence-corrected chi connectivity index (χ3v) is 2.61. The van der Waals surface area contributed by atoms with Crippen LogP contribution in [0.15, 0.2) is 24.3 Å². The van der Waals surface area contributed by atoms with E-state index in [2.05, 4.69) is 24.5 Å². The lowest BCUT2D eigenvalue weighted by molar-refractivity contribution is -0.127. The molecule has 2 N–H and O–H groups in total. The molecule has 1 unspecified atom stereocenters. The summed E-state index contributed by atoms with van der Waals surface area (Å²) in [6.45, 7) is 5.33. The lowest BCUT2D eigenvalue weighted by Crippen LogP contribution is -2.45. The number of nitrogens with one attached hydrogen (secondary N) is 2. The van der Waals surface area contributed by atoms with Crippen molar-refractivity contribution in [1.29, 1.82) is 0 Å². The number of carbonyl (C=O) groups excluding carboxylic acids is 1. The van der Waals surface area contributed by atoms with Gasteiger partial charge < -0.3 is 15.4 Å². The largest absolute Gasteiger partial charge is 0.477 e. The second-order valence-electron chi connectivity index (χ2n) is 4.62. The summed E-state index contributed by atoms with van der Waals surface area (Å²) in [7, 11) is 0. The van der Waals surface area contributed by atoms with Gasteiger partial charge in [0, 0.05) is 6.54 Å². The molecule has 1 amide bonds. The zero-order valence-electron chi connectivity index (χ0n) is 10.2. The molecule has 0 bridgehead atoms. The van der Waals surface area contributed by atoms with Gasteiger partial charge in [0.1, 0.15) is 5.75 Å². The molecule has 92 valence electrons. The first-order chi connectivity index (χ1) is 8.16. The van der Waals surface area contributed by atoms with Gasteiger partial charge in [-0.1, -0.05) is 26.0 Å². The average Bonchev–Trinajstić information content (AvgIpc) is 2.35. The number of anilines is 1. The Balaban J connectivity index is 1.95. The molecule has 0 spiro atoms. The molecule has 1 atom stereocenters. The van der Waals surface area contributed by atoms with Crippen LogP contribution in [0.5, 0.6) is 5.75 Å². The minimum Gasteiger partial charge on any atom is -0.477 e. The highest BCUT2D eigenvalue weighted by atomic mass is 16.5. The summed E-state index contributed by atoms with van der Waals surface area (Å²) < 4.78 is 5.65. The summed E-state index contributed by atoms with van der Waals surface area (Å²) in [5.74, 6) is 1.13. The van der Waals surface area contributed by atoms with E-state index in [-0.39, 0.29) is 5.91 Å². The van der Waals surface area contributed by atoms with Crippen LogP contribution < -0.4 is 15.4 Å². The van der Waals surface area contributed by atoms with Crippen molar-refractivity contribution in [1.82, 2.24) is 5.32 Å². The topological polar surface area (TPSA) is 50.4 Å². The van der Waals surface area contributed by atoms with Crippen LogP contribution in [-0.2, 0) is 4.79 Å². The van der Waals surface area contributed by atoms with E-state index in [0.29, 0.717) is 19.0 Å². The molecule has 4 heteroatoms. The van der Waals surface area contributed by atoms with E-state index in [4.69, 9.17) is 4.74 Å². The minimum absolute atomic E-state index is 0.0549. The molecule has 0 fully saturated rings. The highest BCUT2D eigenvalue weighted by Crippen LogP contribution is 2.28. The van der Waals surface area contributed by atoms with Gasteiger partial charge in [0.25, 0.3) is 5.91 Å². The Bertz CT molecular complexity index is 404. The fourth-order valence-corrected chi connectivity index (χ4v) is 1.68. The summed E-state index contributed by atoms with van der Waals surface area (Å²) in [6, 6.07) is 7.64. The molecule has 1 aliphatic heterocycles. The summed E-state index contributed by atoms with van der Waals surface area (Å²) >= 11 is 0. The van der Waals surface area contributed by atoms with Crippen molar-refractivity contribution >= 4 is 11.6 Å². The van der Waals surface area contributed by atoms with E-state index in [0.717, 1.165) is 11.4 Å². The van der Waals surface area contributed by atoms with Crippen LogP contribution in [0.3, 0.4) is 0 Å². The normalized spacial score (nSPS) is 17.9. The molecule has 1 heterocycles. The number of hydrogen-bond acceptors (Lipinski definition) is 3. The standard InChI is InChI=1S/C13H18N2O2/c1-9(2)7-15-13(16)12-8-14-10-5-3-4-6-11(10)17-12/h3-6,9,12,14H,7-8H2,1-2H3,(H,15,16). The Morgan fingerprint density at radius 2 is 2.29 bits per heavy atom. The zero-order chi connectivity index (χ0) is 12.3. The molecule has 0 aliphatic carbocycles. The van der Waals surface area contributed by atoms with Crippen LogP contribution in [-0.4, -0.2) is 25.1 Å². The van der Waals surface area contributed by atoms with Crippen LogP contribution >= 0.6 is 0 Å². The van der Waals surface area contributed by atoms with Gasteiger partial charge in [0.15, 0.2) is 6.10 Å². The van der Waals surface area contributed by atoms with Gasteiger partial charge in [-0.2, -0.15) is 0 Å². The Morgan fingerprint density at radius 3 is 3.06 bits per heavy atom. The minimum atomic E-state index is -0.441. The van der Waals surface area contributed by atoms with E-state index in [9.17, 15) is 4.79 Å². The SMILES string of the molecule is CC(C)CNC(=O)C1CNc2ccccc2O1. The van der Waals surface area contributed by atoms with Crippen molar-refractivity contribution in [2.75, 3.05) is 18.4 Å². The number of amides is 1. The van der Waals surface area contributed by atoms with Gasteiger partial charge >= 0.3 is 0 Å². The summed E-state index contributed by atoms with van der Waals surface area (Å²) in [5, 5.41) is 6.07. The van der Waals surface area contributed by atoms with Crippen molar-refractivity contribution in [3.63, 3.8) is 0 Å². The summed E-state index contributed by atoms with van der Waals surface area (Å²) in [6.07, 6.45) is -0.441. The number of fused-ring (bicyclic) bond motifs is 1. The predicted molar refractivity (Wildman–Crippen MR) is 67.2 cm³/mol. The third kappa shape index (κ3) is 2.90. The van der Waals surface area contributed by atoms with Crippen LogP contribution in [0, 0.1) is 5.92 Å². The Kier molecular flexibility index (Phi) is 3.52. The Hall–Kier alpha value is -1.71. The van der Waals surface area contributed by atoms with E-state index in [1.54, 1.807) is 0 Å². The van der Waals surface area contributed by atoms with E-state index in [1.807, 2.05) is 24.3 Å². The molecular weight excluding hydrogens is 216 g/mol. The summed E-state index contributed by atoms with van der Waals surface area (Å²) in [5.41, 5.74) is 0.945. The quantitative estimate of drug-likeness (QED) is 0.835. The second-order valence-corrected chi connectivity index (χ2v) is 4.62. The molecule has 0 radical (unpaired) electrons. The van der Waals surface area contributed by atoms with E-state index < -0.39 is 6.10 Å². The first-order valence-electron chi connectivity index (χ1n) is 5.94. The van der Waals surface area contributed by atoms with E-state index >= 15 is 0 Å². The van der Waals surface area contributed by atoms with Crippen molar-refractivity contribution < 1.29 is 9.53 Å². The molecule has 17 heavy (non-hydrogen) atoms. The smallest absolute Gasteiger partial charge is 0.262 e. The fraction of sp³-hybridized carbons (Fsp3) is 0.462. The van der Waals surface area contributed by atoms with Crippen LogP contribution in [0.1, 0.15) is 13.8 Å². The van der Waals surface area contributed by atoms with Crippen molar-refractivity contribution in [2.24, 2.45) is 5.92 Å².